The number of nitrogens with zero attached hydrogens (tertiary/aromatic N) is 3. The van der Waals surface area contributed by atoms with Crippen molar-refractivity contribution in [1.82, 2.24) is 4.57 Å². The van der Waals surface area contributed by atoms with Crippen LogP contribution in [0.2, 0.25) is 0 Å². The number of amides is 1. The maximum absolute atomic E-state index is 13.6. The first-order valence-corrected chi connectivity index (χ1v) is 12.0. The Morgan fingerprint density at radius 2 is 1.82 bits per heavy atom. The molecule has 33 heavy (non-hydrogen) atoms. The van der Waals surface area contributed by atoms with Crippen molar-refractivity contribution in [2.24, 2.45) is 4.99 Å². The number of sulfonamides is 1. The third-order valence-electron chi connectivity index (χ3n) is 4.97. The summed E-state index contributed by atoms with van der Waals surface area (Å²) in [5.41, 5.74) is 1.41. The van der Waals surface area contributed by atoms with Crippen LogP contribution in [0.25, 0.3) is 10.2 Å². The van der Waals surface area contributed by atoms with E-state index in [1.54, 1.807) is 41.0 Å². The summed E-state index contributed by atoms with van der Waals surface area (Å²) >= 11 is 1.15. The topological polar surface area (TPSA) is 71.7 Å². The Hall–Kier alpha value is -3.74. The van der Waals surface area contributed by atoms with Crippen molar-refractivity contribution in [1.29, 1.82) is 0 Å². The Bertz CT molecular complexity index is 1550. The fourth-order valence-corrected chi connectivity index (χ4v) is 5.48. The number of aromatic nitrogens is 1. The van der Waals surface area contributed by atoms with Crippen molar-refractivity contribution in [2.45, 2.75) is 11.4 Å². The maximum atomic E-state index is 13.6. The molecule has 1 aromatic heterocycles. The van der Waals surface area contributed by atoms with Gasteiger partial charge in [-0.1, -0.05) is 35.5 Å². The van der Waals surface area contributed by atoms with Crippen LogP contribution in [-0.2, 0) is 16.6 Å². The number of para-hydroxylation sites is 1. The Balaban J connectivity index is 1.66. The average Bonchev–Trinajstić information content (AvgIpc) is 3.15. The van der Waals surface area contributed by atoms with Crippen LogP contribution in [0, 0.1) is 18.2 Å². The highest BCUT2D eigenvalue weighted by atomic mass is 32.2. The largest absolute Gasteiger partial charge is 0.305 e. The number of carbonyl (C=O) groups excluding carboxylic acids is 1. The van der Waals surface area contributed by atoms with Gasteiger partial charge < -0.3 is 4.57 Å². The first-order valence-electron chi connectivity index (χ1n) is 9.77. The van der Waals surface area contributed by atoms with Crippen molar-refractivity contribution < 1.29 is 17.6 Å². The number of fused-ring (bicyclic) bond motifs is 1. The second kappa shape index (κ2) is 9.02. The zero-order valence-corrected chi connectivity index (χ0v) is 19.1. The van der Waals surface area contributed by atoms with Gasteiger partial charge in [0.05, 0.1) is 27.3 Å². The van der Waals surface area contributed by atoms with Gasteiger partial charge in [-0.25, -0.2) is 12.8 Å². The van der Waals surface area contributed by atoms with Crippen LogP contribution < -0.4 is 9.11 Å². The van der Waals surface area contributed by atoms with Crippen molar-refractivity contribution in [2.75, 3.05) is 11.4 Å². The lowest BCUT2D eigenvalue weighted by Crippen LogP contribution is -2.26. The molecule has 0 unspecified atom stereocenters. The fraction of sp³-hybridized carbons (Fsp3) is 0.0833. The van der Waals surface area contributed by atoms with E-state index in [-0.39, 0.29) is 17.0 Å². The smallest absolute Gasteiger partial charge is 0.279 e. The van der Waals surface area contributed by atoms with Gasteiger partial charge in [0.2, 0.25) is 0 Å². The molecular weight excluding hydrogens is 461 g/mol. The van der Waals surface area contributed by atoms with Crippen LogP contribution in [0.3, 0.4) is 0 Å². The van der Waals surface area contributed by atoms with Crippen LogP contribution in [0.4, 0.5) is 10.1 Å². The molecule has 0 aliphatic carbocycles. The molecule has 0 aliphatic heterocycles. The number of halogens is 1. The van der Waals surface area contributed by atoms with Gasteiger partial charge in [-0.3, -0.25) is 9.10 Å². The molecule has 1 amide bonds. The molecule has 0 atom stereocenters. The van der Waals surface area contributed by atoms with Gasteiger partial charge in [-0.05, 0) is 54.6 Å². The van der Waals surface area contributed by atoms with E-state index in [4.69, 9.17) is 6.42 Å². The molecule has 6 nitrogen and oxygen atoms in total. The minimum absolute atomic E-state index is 0.0464. The molecule has 9 heteroatoms. The van der Waals surface area contributed by atoms with Gasteiger partial charge in [0.25, 0.3) is 15.9 Å². The summed E-state index contributed by atoms with van der Waals surface area (Å²) in [4.78, 5) is 17.3. The van der Waals surface area contributed by atoms with E-state index >= 15 is 0 Å². The molecule has 4 aromatic rings. The Morgan fingerprint density at radius 3 is 2.48 bits per heavy atom. The number of carbonyl (C=O) groups is 1. The third kappa shape index (κ3) is 4.44. The molecule has 0 fully saturated rings. The second-order valence-corrected chi connectivity index (χ2v) is 10.0. The molecule has 0 N–H and O–H groups in total. The zero-order chi connectivity index (χ0) is 23.6. The Morgan fingerprint density at radius 1 is 1.12 bits per heavy atom. The van der Waals surface area contributed by atoms with E-state index in [1.165, 1.54) is 47.8 Å². The average molecular weight is 480 g/mol. The van der Waals surface area contributed by atoms with Crippen LogP contribution in [-0.4, -0.2) is 25.9 Å². The van der Waals surface area contributed by atoms with Crippen molar-refractivity contribution in [3.05, 3.63) is 89.0 Å². The normalized spacial score (nSPS) is 12.0. The van der Waals surface area contributed by atoms with Gasteiger partial charge >= 0.3 is 0 Å². The summed E-state index contributed by atoms with van der Waals surface area (Å²) in [5.74, 6) is 1.55. The number of benzene rings is 3. The molecule has 166 valence electrons. The first kappa shape index (κ1) is 22.5. The molecule has 0 saturated heterocycles. The SMILES string of the molecule is C#CCn1c(=NC(=O)c2ccc(S(=O)(=O)N(C)c3ccccc3)cc2)sc2cc(F)ccc21. The van der Waals surface area contributed by atoms with E-state index in [0.717, 1.165) is 11.3 Å². The molecule has 0 spiro atoms. The highest BCUT2D eigenvalue weighted by Gasteiger charge is 2.21. The number of hydrogen-bond acceptors (Lipinski definition) is 4. The van der Waals surface area contributed by atoms with E-state index in [9.17, 15) is 17.6 Å². The number of rotatable bonds is 5. The monoisotopic (exact) mass is 479 g/mol. The lowest BCUT2D eigenvalue weighted by molar-refractivity contribution is 0.0998. The van der Waals surface area contributed by atoms with Crippen molar-refractivity contribution in [3.63, 3.8) is 0 Å². The summed E-state index contributed by atoms with van der Waals surface area (Å²) in [6.45, 7) is 0.167. The van der Waals surface area contributed by atoms with Crippen LogP contribution >= 0.6 is 11.3 Å². The molecule has 0 radical (unpaired) electrons. The molecule has 0 bridgehead atoms. The minimum Gasteiger partial charge on any atom is -0.305 e. The molecule has 0 saturated carbocycles. The summed E-state index contributed by atoms with van der Waals surface area (Å²) in [7, 11) is -2.33. The van der Waals surface area contributed by atoms with Gasteiger partial charge in [-0.15, -0.1) is 6.42 Å². The number of anilines is 1. The lowest BCUT2D eigenvalue weighted by Gasteiger charge is -2.19. The standard InChI is InChI=1S/C24H18FN3O3S2/c1-3-15-28-21-14-11-18(25)16-22(21)32-24(28)26-23(29)17-9-12-20(13-10-17)33(30,31)27(2)19-7-5-4-6-8-19/h1,4-14,16H,15H2,2H3. The van der Waals surface area contributed by atoms with Gasteiger partial charge in [0, 0.05) is 12.6 Å². The highest BCUT2D eigenvalue weighted by Crippen LogP contribution is 2.22. The number of thiazole rings is 1. The predicted octanol–water partition coefficient (Wildman–Crippen LogP) is 4.04. The molecule has 3 aromatic carbocycles. The zero-order valence-electron chi connectivity index (χ0n) is 17.5. The Labute approximate surface area is 194 Å². The van der Waals surface area contributed by atoms with Gasteiger partial charge in [0.1, 0.15) is 5.82 Å². The van der Waals surface area contributed by atoms with E-state index in [0.29, 0.717) is 20.7 Å². The maximum Gasteiger partial charge on any atom is 0.279 e. The lowest BCUT2D eigenvalue weighted by atomic mass is 10.2. The van der Waals surface area contributed by atoms with Crippen molar-refractivity contribution >= 4 is 43.2 Å². The van der Waals surface area contributed by atoms with E-state index in [1.807, 2.05) is 0 Å². The van der Waals surface area contributed by atoms with E-state index < -0.39 is 21.7 Å². The molecule has 0 aliphatic rings. The highest BCUT2D eigenvalue weighted by molar-refractivity contribution is 7.92. The Kier molecular flexibility index (Phi) is 6.14. The summed E-state index contributed by atoms with van der Waals surface area (Å²) in [6.07, 6.45) is 5.45. The molecule has 4 rings (SSSR count). The van der Waals surface area contributed by atoms with Crippen LogP contribution in [0.5, 0.6) is 0 Å². The molecule has 1 heterocycles. The van der Waals surface area contributed by atoms with Crippen LogP contribution in [0.15, 0.2) is 82.7 Å². The van der Waals surface area contributed by atoms with Crippen LogP contribution in [0.1, 0.15) is 10.4 Å². The van der Waals surface area contributed by atoms with Gasteiger partial charge in [-0.2, -0.15) is 4.99 Å². The fourth-order valence-electron chi connectivity index (χ4n) is 3.23. The third-order valence-corrected chi connectivity index (χ3v) is 7.81. The summed E-state index contributed by atoms with van der Waals surface area (Å²) < 4.78 is 42.9. The minimum atomic E-state index is -3.80. The summed E-state index contributed by atoms with van der Waals surface area (Å²) in [5, 5.41) is 0. The van der Waals surface area contributed by atoms with Gasteiger partial charge in [0.15, 0.2) is 4.80 Å². The quantitative estimate of drug-likeness (QED) is 0.406. The van der Waals surface area contributed by atoms with E-state index in [2.05, 4.69) is 10.9 Å². The first-order chi connectivity index (χ1) is 15.8. The summed E-state index contributed by atoms with van der Waals surface area (Å²) in [6, 6.07) is 18.5. The molecular formula is C24H18FN3O3S2. The second-order valence-electron chi connectivity index (χ2n) is 7.04. The number of hydrogen-bond donors (Lipinski definition) is 0. The number of terminal acetylenes is 1. The van der Waals surface area contributed by atoms with Crippen molar-refractivity contribution in [3.8, 4) is 12.3 Å². The predicted molar refractivity (Wildman–Crippen MR) is 127 cm³/mol.